The molecule has 86 valence electrons. The summed E-state index contributed by atoms with van der Waals surface area (Å²) in [4.78, 5) is 33.4. The molecule has 4 heteroatoms. The summed E-state index contributed by atoms with van der Waals surface area (Å²) < 4.78 is 0. The first kappa shape index (κ1) is 13.8. The topological polar surface area (TPSA) is 63.2 Å². The molecule has 0 heterocycles. The molecule has 0 aliphatic rings. The Bertz CT molecular complexity index is 259. The molecule has 0 aromatic carbocycles. The molecule has 0 aromatic rings. The second kappa shape index (κ2) is 6.32. The van der Waals surface area contributed by atoms with Gasteiger partial charge in [0.15, 0.2) is 5.78 Å². The average molecular weight is 213 g/mol. The summed E-state index contributed by atoms with van der Waals surface area (Å²) in [5.41, 5.74) is 0. The number of amides is 1. The van der Waals surface area contributed by atoms with Gasteiger partial charge in [-0.15, -0.1) is 0 Å². The molecule has 0 rings (SSSR count). The Morgan fingerprint density at radius 2 is 1.60 bits per heavy atom. The van der Waals surface area contributed by atoms with E-state index in [2.05, 4.69) is 5.32 Å². The van der Waals surface area contributed by atoms with E-state index in [4.69, 9.17) is 0 Å². The van der Waals surface area contributed by atoms with E-state index in [1.54, 1.807) is 0 Å². The largest absolute Gasteiger partial charge is 0.346 e. The average Bonchev–Trinajstić information content (AvgIpc) is 1.99. The van der Waals surface area contributed by atoms with Crippen LogP contribution in [0.4, 0.5) is 0 Å². The first-order chi connectivity index (χ1) is 6.82. The quantitative estimate of drug-likeness (QED) is 0.718. The number of ketones is 2. The Morgan fingerprint density at radius 3 is 1.93 bits per heavy atom. The summed E-state index contributed by atoms with van der Waals surface area (Å²) in [6.07, 6.45) is 0.459. The van der Waals surface area contributed by atoms with Crippen LogP contribution in [-0.2, 0) is 14.4 Å². The number of carbonyl (C=O) groups excluding carboxylic acids is 3. The molecule has 1 unspecified atom stereocenters. The lowest BCUT2D eigenvalue weighted by Gasteiger charge is -2.15. The van der Waals surface area contributed by atoms with Crippen LogP contribution in [0.5, 0.6) is 0 Å². The molecule has 1 atom stereocenters. The molecule has 15 heavy (non-hydrogen) atoms. The van der Waals surface area contributed by atoms with Crippen molar-refractivity contribution in [3.05, 3.63) is 0 Å². The minimum Gasteiger partial charge on any atom is -0.346 e. The maximum atomic E-state index is 11.4. The molecular weight excluding hydrogens is 194 g/mol. The van der Waals surface area contributed by atoms with Crippen molar-refractivity contribution in [1.29, 1.82) is 0 Å². The van der Waals surface area contributed by atoms with Gasteiger partial charge >= 0.3 is 0 Å². The fourth-order valence-corrected chi connectivity index (χ4v) is 1.21. The number of nitrogens with one attached hydrogen (secondary N) is 1. The van der Waals surface area contributed by atoms with Crippen molar-refractivity contribution in [2.45, 2.75) is 46.6 Å². The normalized spacial score (nSPS) is 12.3. The third-order valence-corrected chi connectivity index (χ3v) is 1.91. The van der Waals surface area contributed by atoms with Gasteiger partial charge in [-0.3, -0.25) is 14.4 Å². The summed E-state index contributed by atoms with van der Waals surface area (Å²) in [5, 5.41) is 2.57. The van der Waals surface area contributed by atoms with Crippen molar-refractivity contribution in [2.24, 2.45) is 5.92 Å². The fourth-order valence-electron chi connectivity index (χ4n) is 1.21. The van der Waals surface area contributed by atoms with E-state index in [1.165, 1.54) is 13.8 Å². The Morgan fingerprint density at radius 1 is 1.07 bits per heavy atom. The van der Waals surface area contributed by atoms with Gasteiger partial charge in [0.25, 0.3) is 0 Å². The minimum absolute atomic E-state index is 0.0825. The van der Waals surface area contributed by atoms with Crippen LogP contribution in [-0.4, -0.2) is 23.5 Å². The molecule has 0 saturated carbocycles. The molecular formula is C11H19NO3. The smallest absolute Gasteiger partial charge is 0.220 e. The van der Waals surface area contributed by atoms with Gasteiger partial charge in [0.1, 0.15) is 5.78 Å². The van der Waals surface area contributed by atoms with Gasteiger partial charge in [0.05, 0.1) is 6.04 Å². The summed E-state index contributed by atoms with van der Waals surface area (Å²) in [6, 6.07) is -0.659. The van der Waals surface area contributed by atoms with Crippen LogP contribution in [0.1, 0.15) is 40.5 Å². The number of Topliss-reactive ketones (excluding diaryl/α,β-unsaturated/α-hetero) is 2. The van der Waals surface area contributed by atoms with Gasteiger partial charge in [0, 0.05) is 12.8 Å². The lowest BCUT2D eigenvalue weighted by atomic mass is 10.1. The number of carbonyl (C=O) groups is 3. The highest BCUT2D eigenvalue weighted by Crippen LogP contribution is 2.01. The molecule has 0 saturated heterocycles. The SMILES string of the molecule is CC(=O)CC(NC(=O)CC(C)C)C(C)=O. The van der Waals surface area contributed by atoms with Crippen molar-refractivity contribution in [3.63, 3.8) is 0 Å². The van der Waals surface area contributed by atoms with E-state index in [-0.39, 0.29) is 29.8 Å². The highest BCUT2D eigenvalue weighted by molar-refractivity contribution is 5.91. The lowest BCUT2D eigenvalue weighted by molar-refractivity contribution is -0.129. The third kappa shape index (κ3) is 6.82. The first-order valence-corrected chi connectivity index (χ1v) is 5.12. The first-order valence-electron chi connectivity index (χ1n) is 5.12. The Labute approximate surface area is 90.4 Å². The molecule has 0 aromatic heterocycles. The van der Waals surface area contributed by atoms with Crippen LogP contribution < -0.4 is 5.32 Å². The Hall–Kier alpha value is -1.19. The zero-order valence-electron chi connectivity index (χ0n) is 9.79. The molecule has 0 bridgehead atoms. The highest BCUT2D eigenvalue weighted by atomic mass is 16.2. The third-order valence-electron chi connectivity index (χ3n) is 1.91. The summed E-state index contributed by atoms with van der Waals surface area (Å²) in [7, 11) is 0. The second-order valence-corrected chi connectivity index (χ2v) is 4.23. The second-order valence-electron chi connectivity index (χ2n) is 4.23. The zero-order valence-corrected chi connectivity index (χ0v) is 9.79. The summed E-state index contributed by atoms with van der Waals surface area (Å²) in [5.74, 6) is -0.205. The molecule has 1 amide bonds. The summed E-state index contributed by atoms with van der Waals surface area (Å²) in [6.45, 7) is 6.63. The van der Waals surface area contributed by atoms with Crippen LogP contribution in [0.3, 0.4) is 0 Å². The van der Waals surface area contributed by atoms with Crippen LogP contribution in [0.15, 0.2) is 0 Å². The predicted octanol–water partition coefficient (Wildman–Crippen LogP) is 1.09. The summed E-state index contributed by atoms with van der Waals surface area (Å²) >= 11 is 0. The van der Waals surface area contributed by atoms with Gasteiger partial charge < -0.3 is 5.32 Å². The van der Waals surface area contributed by atoms with Crippen LogP contribution in [0.25, 0.3) is 0 Å². The van der Waals surface area contributed by atoms with E-state index >= 15 is 0 Å². The maximum Gasteiger partial charge on any atom is 0.220 e. The number of rotatable bonds is 6. The molecule has 0 spiro atoms. The van der Waals surface area contributed by atoms with E-state index in [0.717, 1.165) is 0 Å². The molecule has 4 nitrogen and oxygen atoms in total. The van der Waals surface area contributed by atoms with Gasteiger partial charge in [-0.05, 0) is 19.8 Å². The lowest BCUT2D eigenvalue weighted by Crippen LogP contribution is -2.41. The molecule has 0 fully saturated rings. The Balaban J connectivity index is 4.22. The van der Waals surface area contributed by atoms with Crippen molar-refractivity contribution >= 4 is 17.5 Å². The number of hydrogen-bond acceptors (Lipinski definition) is 3. The minimum atomic E-state index is -0.659. The standard InChI is InChI=1S/C11H19NO3/c1-7(2)5-11(15)12-10(9(4)14)6-8(3)13/h7,10H,5-6H2,1-4H3,(H,12,15). The zero-order chi connectivity index (χ0) is 12.0. The van der Waals surface area contributed by atoms with Crippen molar-refractivity contribution in [3.8, 4) is 0 Å². The van der Waals surface area contributed by atoms with Gasteiger partial charge in [0.2, 0.25) is 5.91 Å². The van der Waals surface area contributed by atoms with E-state index in [1.807, 2.05) is 13.8 Å². The van der Waals surface area contributed by atoms with Gasteiger partial charge in [-0.1, -0.05) is 13.8 Å². The monoisotopic (exact) mass is 213 g/mol. The van der Waals surface area contributed by atoms with Crippen molar-refractivity contribution < 1.29 is 14.4 Å². The van der Waals surface area contributed by atoms with Crippen molar-refractivity contribution in [1.82, 2.24) is 5.32 Å². The molecule has 0 aliphatic carbocycles. The highest BCUT2D eigenvalue weighted by Gasteiger charge is 2.18. The predicted molar refractivity (Wildman–Crippen MR) is 57.4 cm³/mol. The fraction of sp³-hybridized carbons (Fsp3) is 0.727. The van der Waals surface area contributed by atoms with E-state index in [0.29, 0.717) is 6.42 Å². The van der Waals surface area contributed by atoms with Crippen LogP contribution in [0.2, 0.25) is 0 Å². The molecule has 1 N–H and O–H groups in total. The number of hydrogen-bond donors (Lipinski definition) is 1. The van der Waals surface area contributed by atoms with E-state index in [9.17, 15) is 14.4 Å². The van der Waals surface area contributed by atoms with Crippen LogP contribution in [0, 0.1) is 5.92 Å². The molecule has 0 aliphatic heterocycles. The maximum absolute atomic E-state index is 11.4. The van der Waals surface area contributed by atoms with Gasteiger partial charge in [-0.25, -0.2) is 0 Å². The van der Waals surface area contributed by atoms with E-state index < -0.39 is 6.04 Å². The Kier molecular flexibility index (Phi) is 5.82. The van der Waals surface area contributed by atoms with Crippen molar-refractivity contribution in [2.75, 3.05) is 0 Å². The van der Waals surface area contributed by atoms with Crippen LogP contribution >= 0.6 is 0 Å². The van der Waals surface area contributed by atoms with Gasteiger partial charge in [-0.2, -0.15) is 0 Å². The molecule has 0 radical (unpaired) electrons.